The molecular formula is C11H19N3S. The zero-order valence-corrected chi connectivity index (χ0v) is 10.3. The minimum Gasteiger partial charge on any atom is -0.326 e. The number of likely N-dealkylation sites (tertiary alicyclic amines) is 1. The molecule has 1 aromatic heterocycles. The van der Waals surface area contributed by atoms with Crippen molar-refractivity contribution in [2.24, 2.45) is 5.73 Å². The monoisotopic (exact) mass is 225 g/mol. The average molecular weight is 225 g/mol. The van der Waals surface area contributed by atoms with Crippen LogP contribution in [-0.4, -0.2) is 29.0 Å². The topological polar surface area (TPSA) is 42.2 Å². The minimum atomic E-state index is 0.369. The van der Waals surface area contributed by atoms with Gasteiger partial charge in [0.05, 0.1) is 10.7 Å². The largest absolute Gasteiger partial charge is 0.326 e. The third-order valence-corrected chi connectivity index (χ3v) is 3.95. The highest BCUT2D eigenvalue weighted by molar-refractivity contribution is 7.09. The second-order valence-electron chi connectivity index (χ2n) is 4.62. The number of aromatic nitrogens is 1. The van der Waals surface area contributed by atoms with E-state index in [1.807, 2.05) is 0 Å². The predicted molar refractivity (Wildman–Crippen MR) is 64.1 cm³/mol. The van der Waals surface area contributed by atoms with Crippen LogP contribution in [0.4, 0.5) is 0 Å². The van der Waals surface area contributed by atoms with Crippen molar-refractivity contribution in [3.05, 3.63) is 16.1 Å². The minimum absolute atomic E-state index is 0.369. The van der Waals surface area contributed by atoms with Gasteiger partial charge in [0.1, 0.15) is 0 Å². The highest BCUT2D eigenvalue weighted by Crippen LogP contribution is 2.20. The molecule has 0 aliphatic carbocycles. The van der Waals surface area contributed by atoms with Gasteiger partial charge >= 0.3 is 0 Å². The van der Waals surface area contributed by atoms with Gasteiger partial charge in [-0.25, -0.2) is 4.98 Å². The zero-order chi connectivity index (χ0) is 10.8. The van der Waals surface area contributed by atoms with Crippen molar-refractivity contribution in [1.82, 2.24) is 9.88 Å². The number of nitrogens with zero attached hydrogens (tertiary/aromatic N) is 2. The van der Waals surface area contributed by atoms with Crippen LogP contribution in [0.2, 0.25) is 0 Å². The Morgan fingerprint density at radius 1 is 1.67 bits per heavy atom. The molecule has 0 spiro atoms. The lowest BCUT2D eigenvalue weighted by Gasteiger charge is -2.12. The van der Waals surface area contributed by atoms with E-state index in [0.29, 0.717) is 12.0 Å². The molecule has 84 valence electrons. The second-order valence-corrected chi connectivity index (χ2v) is 5.51. The number of rotatable bonds is 3. The molecule has 1 saturated heterocycles. The fraction of sp³-hybridized carbons (Fsp3) is 0.727. The Balaban J connectivity index is 1.93. The van der Waals surface area contributed by atoms with Gasteiger partial charge in [-0.05, 0) is 6.42 Å². The van der Waals surface area contributed by atoms with E-state index in [4.69, 9.17) is 5.73 Å². The second kappa shape index (κ2) is 4.60. The Bertz CT molecular complexity index is 321. The van der Waals surface area contributed by atoms with Crippen LogP contribution in [0.5, 0.6) is 0 Å². The fourth-order valence-corrected chi connectivity index (χ4v) is 2.72. The molecule has 4 heteroatoms. The molecule has 0 amide bonds. The molecule has 1 aromatic rings. The Hall–Kier alpha value is -0.450. The van der Waals surface area contributed by atoms with Gasteiger partial charge in [-0.3, -0.25) is 4.90 Å². The summed E-state index contributed by atoms with van der Waals surface area (Å²) in [6.07, 6.45) is 1.13. The van der Waals surface area contributed by atoms with Gasteiger partial charge < -0.3 is 5.73 Å². The summed E-state index contributed by atoms with van der Waals surface area (Å²) in [7, 11) is 0. The van der Waals surface area contributed by atoms with Crippen LogP contribution in [0.15, 0.2) is 5.38 Å². The SMILES string of the molecule is CC(C)c1nc(CN2CC[C@H](N)C2)cs1. The van der Waals surface area contributed by atoms with Gasteiger partial charge in [-0.2, -0.15) is 0 Å². The lowest BCUT2D eigenvalue weighted by atomic mass is 10.2. The number of nitrogens with two attached hydrogens (primary N) is 1. The molecule has 2 rings (SSSR count). The van der Waals surface area contributed by atoms with Gasteiger partial charge in [0.2, 0.25) is 0 Å². The molecule has 1 atom stereocenters. The van der Waals surface area contributed by atoms with Gasteiger partial charge in [-0.1, -0.05) is 13.8 Å². The molecule has 0 bridgehead atoms. The number of hydrogen-bond acceptors (Lipinski definition) is 4. The van der Waals surface area contributed by atoms with Crippen LogP contribution in [0, 0.1) is 0 Å². The number of thiazole rings is 1. The molecular weight excluding hydrogens is 206 g/mol. The van der Waals surface area contributed by atoms with E-state index >= 15 is 0 Å². The summed E-state index contributed by atoms with van der Waals surface area (Å²) in [5, 5.41) is 3.42. The summed E-state index contributed by atoms with van der Waals surface area (Å²) in [6.45, 7) is 7.49. The van der Waals surface area contributed by atoms with Gasteiger partial charge in [0.15, 0.2) is 0 Å². The predicted octanol–water partition coefficient (Wildman–Crippen LogP) is 1.80. The first-order valence-corrected chi connectivity index (χ1v) is 6.45. The maximum atomic E-state index is 5.87. The van der Waals surface area contributed by atoms with Crippen molar-refractivity contribution in [1.29, 1.82) is 0 Å². The molecule has 2 heterocycles. The van der Waals surface area contributed by atoms with Crippen LogP contribution in [0.1, 0.15) is 36.9 Å². The standard InChI is InChI=1S/C11H19N3S/c1-8(2)11-13-10(7-15-11)6-14-4-3-9(12)5-14/h7-9H,3-6,12H2,1-2H3/t9-/m0/s1. The van der Waals surface area contributed by atoms with Crippen LogP contribution in [0.3, 0.4) is 0 Å². The lowest BCUT2D eigenvalue weighted by molar-refractivity contribution is 0.323. The molecule has 0 radical (unpaired) electrons. The normalized spacial score (nSPS) is 22.8. The molecule has 1 aliphatic heterocycles. The highest BCUT2D eigenvalue weighted by Gasteiger charge is 2.19. The summed E-state index contributed by atoms with van der Waals surface area (Å²) in [6, 6.07) is 0.369. The Kier molecular flexibility index (Phi) is 3.38. The van der Waals surface area contributed by atoms with Gasteiger partial charge in [0.25, 0.3) is 0 Å². The Morgan fingerprint density at radius 2 is 2.47 bits per heavy atom. The fourth-order valence-electron chi connectivity index (χ4n) is 1.90. The van der Waals surface area contributed by atoms with Crippen LogP contribution >= 0.6 is 11.3 Å². The molecule has 1 aliphatic rings. The zero-order valence-electron chi connectivity index (χ0n) is 9.44. The van der Waals surface area contributed by atoms with Crippen molar-refractivity contribution in [2.75, 3.05) is 13.1 Å². The first-order chi connectivity index (χ1) is 7.15. The van der Waals surface area contributed by atoms with Crippen molar-refractivity contribution in [3.63, 3.8) is 0 Å². The average Bonchev–Trinajstić information content (AvgIpc) is 2.76. The van der Waals surface area contributed by atoms with E-state index < -0.39 is 0 Å². The van der Waals surface area contributed by atoms with Crippen molar-refractivity contribution in [3.8, 4) is 0 Å². The van der Waals surface area contributed by atoms with Crippen LogP contribution in [-0.2, 0) is 6.54 Å². The highest BCUT2D eigenvalue weighted by atomic mass is 32.1. The summed E-state index contributed by atoms with van der Waals surface area (Å²) < 4.78 is 0. The van der Waals surface area contributed by atoms with Gasteiger partial charge in [-0.15, -0.1) is 11.3 Å². The van der Waals surface area contributed by atoms with E-state index in [9.17, 15) is 0 Å². The summed E-state index contributed by atoms with van der Waals surface area (Å²) in [4.78, 5) is 7.03. The Labute approximate surface area is 95.3 Å². The summed E-state index contributed by atoms with van der Waals surface area (Å²) in [5.74, 6) is 0.546. The van der Waals surface area contributed by atoms with Crippen LogP contribution < -0.4 is 5.73 Å². The van der Waals surface area contributed by atoms with Crippen molar-refractivity contribution >= 4 is 11.3 Å². The number of hydrogen-bond donors (Lipinski definition) is 1. The van der Waals surface area contributed by atoms with Crippen molar-refractivity contribution < 1.29 is 0 Å². The van der Waals surface area contributed by atoms with E-state index in [2.05, 4.69) is 29.1 Å². The maximum absolute atomic E-state index is 5.87. The first-order valence-electron chi connectivity index (χ1n) is 5.57. The first kappa shape index (κ1) is 11.0. The molecule has 15 heavy (non-hydrogen) atoms. The van der Waals surface area contributed by atoms with Gasteiger partial charge in [0, 0.05) is 37.0 Å². The lowest BCUT2D eigenvalue weighted by Crippen LogP contribution is -2.26. The third kappa shape index (κ3) is 2.77. The molecule has 2 N–H and O–H groups in total. The smallest absolute Gasteiger partial charge is 0.0954 e. The molecule has 0 aromatic carbocycles. The summed E-state index contributed by atoms with van der Waals surface area (Å²) in [5.41, 5.74) is 7.08. The van der Waals surface area contributed by atoms with E-state index in [1.165, 1.54) is 10.7 Å². The molecule has 3 nitrogen and oxygen atoms in total. The van der Waals surface area contributed by atoms with Crippen LogP contribution in [0.25, 0.3) is 0 Å². The van der Waals surface area contributed by atoms with E-state index in [0.717, 1.165) is 26.1 Å². The maximum Gasteiger partial charge on any atom is 0.0954 e. The van der Waals surface area contributed by atoms with Crippen molar-refractivity contribution in [2.45, 2.75) is 38.8 Å². The quantitative estimate of drug-likeness (QED) is 0.853. The molecule has 1 fully saturated rings. The summed E-state index contributed by atoms with van der Waals surface area (Å²) >= 11 is 1.77. The molecule has 0 saturated carbocycles. The third-order valence-electron chi connectivity index (χ3n) is 2.76. The van der Waals surface area contributed by atoms with E-state index in [-0.39, 0.29) is 0 Å². The molecule has 0 unspecified atom stereocenters. The Morgan fingerprint density at radius 3 is 3.00 bits per heavy atom. The van der Waals surface area contributed by atoms with E-state index in [1.54, 1.807) is 11.3 Å².